The second-order valence-corrected chi connectivity index (χ2v) is 6.01. The van der Waals surface area contributed by atoms with Gasteiger partial charge in [0.05, 0.1) is 12.8 Å². The molecular weight excluding hydrogens is 350 g/mol. The Kier molecular flexibility index (Phi) is 7.07. The van der Waals surface area contributed by atoms with Crippen molar-refractivity contribution in [2.24, 2.45) is 0 Å². The van der Waals surface area contributed by atoms with E-state index in [1.807, 2.05) is 43.3 Å². The molecule has 0 spiro atoms. The molecule has 26 heavy (non-hydrogen) atoms. The average Bonchev–Trinajstić information content (AvgIpc) is 2.65. The van der Waals surface area contributed by atoms with Crippen molar-refractivity contribution in [1.29, 1.82) is 5.26 Å². The summed E-state index contributed by atoms with van der Waals surface area (Å²) in [5, 5.41) is 15.5. The number of aryl methyl sites for hydroxylation is 1. The maximum absolute atomic E-state index is 12.2. The van der Waals surface area contributed by atoms with E-state index in [1.165, 1.54) is 13.3 Å². The number of hydrogen-bond acceptors (Lipinski definition) is 4. The van der Waals surface area contributed by atoms with Crippen LogP contribution in [0.3, 0.4) is 0 Å². The molecule has 0 fully saturated rings. The van der Waals surface area contributed by atoms with Crippen molar-refractivity contribution in [3.8, 4) is 11.8 Å². The highest BCUT2D eigenvalue weighted by molar-refractivity contribution is 6.31. The third-order valence-corrected chi connectivity index (χ3v) is 4.17. The number of nitriles is 1. The number of carbonyl (C=O) groups is 1. The van der Waals surface area contributed by atoms with E-state index in [9.17, 15) is 10.1 Å². The molecule has 1 amide bonds. The van der Waals surface area contributed by atoms with Crippen LogP contribution in [0.4, 0.5) is 5.69 Å². The van der Waals surface area contributed by atoms with Crippen molar-refractivity contribution < 1.29 is 9.53 Å². The molecule has 2 rings (SSSR count). The predicted molar refractivity (Wildman–Crippen MR) is 103 cm³/mol. The number of amides is 1. The maximum Gasteiger partial charge on any atom is 0.263 e. The number of anilines is 1. The van der Waals surface area contributed by atoms with Gasteiger partial charge < -0.3 is 15.4 Å². The van der Waals surface area contributed by atoms with Crippen molar-refractivity contribution in [3.05, 3.63) is 70.4 Å². The Labute approximate surface area is 158 Å². The molecule has 0 unspecified atom stereocenters. The highest BCUT2D eigenvalue weighted by Gasteiger charge is 2.10. The van der Waals surface area contributed by atoms with Crippen LogP contribution in [0.15, 0.2) is 54.2 Å². The molecule has 2 aromatic rings. The van der Waals surface area contributed by atoms with Gasteiger partial charge in [-0.1, -0.05) is 41.9 Å². The summed E-state index contributed by atoms with van der Waals surface area (Å²) < 4.78 is 5.26. The molecule has 5 nitrogen and oxygen atoms in total. The average molecular weight is 370 g/mol. The number of nitrogens with zero attached hydrogens (tertiary/aromatic N) is 1. The number of benzene rings is 2. The van der Waals surface area contributed by atoms with Gasteiger partial charge in [-0.25, -0.2) is 0 Å². The molecule has 0 radical (unpaired) electrons. The number of carbonyl (C=O) groups excluding carboxylic acids is 1. The van der Waals surface area contributed by atoms with Crippen LogP contribution in [0.2, 0.25) is 5.02 Å². The van der Waals surface area contributed by atoms with Gasteiger partial charge in [-0.05, 0) is 30.5 Å². The lowest BCUT2D eigenvalue weighted by Crippen LogP contribution is -2.27. The van der Waals surface area contributed by atoms with E-state index in [-0.39, 0.29) is 5.57 Å². The Balaban J connectivity index is 2.00. The van der Waals surface area contributed by atoms with Crippen LogP contribution >= 0.6 is 11.6 Å². The van der Waals surface area contributed by atoms with E-state index in [0.29, 0.717) is 29.4 Å². The smallest absolute Gasteiger partial charge is 0.263 e. The van der Waals surface area contributed by atoms with Gasteiger partial charge in [0.2, 0.25) is 0 Å². The lowest BCUT2D eigenvalue weighted by molar-refractivity contribution is -0.117. The first-order chi connectivity index (χ1) is 12.5. The fraction of sp³-hybridized carbons (Fsp3) is 0.200. The molecule has 0 aromatic heterocycles. The molecule has 0 atom stereocenters. The Morgan fingerprint density at radius 2 is 2.04 bits per heavy atom. The van der Waals surface area contributed by atoms with Gasteiger partial charge in [-0.3, -0.25) is 4.79 Å². The van der Waals surface area contributed by atoms with E-state index in [4.69, 9.17) is 16.3 Å². The van der Waals surface area contributed by atoms with Crippen LogP contribution in [-0.2, 0) is 11.2 Å². The topological polar surface area (TPSA) is 74.1 Å². The summed E-state index contributed by atoms with van der Waals surface area (Å²) in [6, 6.07) is 15.2. The second-order valence-electron chi connectivity index (χ2n) is 5.61. The van der Waals surface area contributed by atoms with Crippen LogP contribution in [0.25, 0.3) is 0 Å². The van der Waals surface area contributed by atoms with E-state index in [2.05, 4.69) is 10.6 Å². The minimum atomic E-state index is -0.430. The molecule has 0 saturated heterocycles. The molecule has 0 saturated carbocycles. The summed E-state index contributed by atoms with van der Waals surface area (Å²) >= 11 is 6.07. The van der Waals surface area contributed by atoms with Crippen molar-refractivity contribution in [2.45, 2.75) is 13.3 Å². The summed E-state index contributed by atoms with van der Waals surface area (Å²) in [5.41, 5.74) is 2.58. The van der Waals surface area contributed by atoms with Gasteiger partial charge in [0.1, 0.15) is 17.4 Å². The van der Waals surface area contributed by atoms with E-state index < -0.39 is 5.91 Å². The van der Waals surface area contributed by atoms with Gasteiger partial charge in [0.15, 0.2) is 0 Å². The van der Waals surface area contributed by atoms with Crippen molar-refractivity contribution in [3.63, 3.8) is 0 Å². The zero-order chi connectivity index (χ0) is 18.9. The quantitative estimate of drug-likeness (QED) is 0.574. The molecule has 2 aromatic carbocycles. The summed E-state index contributed by atoms with van der Waals surface area (Å²) in [5.74, 6) is 0.0965. The van der Waals surface area contributed by atoms with Crippen LogP contribution < -0.4 is 15.4 Å². The Bertz CT molecular complexity index is 842. The van der Waals surface area contributed by atoms with Crippen molar-refractivity contribution >= 4 is 23.2 Å². The lowest BCUT2D eigenvalue weighted by Gasteiger charge is -2.11. The van der Waals surface area contributed by atoms with Gasteiger partial charge in [0.25, 0.3) is 5.91 Å². The number of methoxy groups -OCH3 is 1. The number of hydrogen-bond donors (Lipinski definition) is 2. The molecular formula is C20H20ClN3O2. The van der Waals surface area contributed by atoms with E-state index in [1.54, 1.807) is 12.1 Å². The van der Waals surface area contributed by atoms with Crippen molar-refractivity contribution in [2.75, 3.05) is 19.0 Å². The molecule has 0 aliphatic carbocycles. The third-order valence-electron chi connectivity index (χ3n) is 3.76. The zero-order valence-corrected chi connectivity index (χ0v) is 15.4. The molecule has 6 heteroatoms. The highest BCUT2D eigenvalue weighted by atomic mass is 35.5. The van der Waals surface area contributed by atoms with Crippen LogP contribution in [-0.4, -0.2) is 19.6 Å². The van der Waals surface area contributed by atoms with Crippen LogP contribution in [0, 0.1) is 18.3 Å². The molecule has 0 aliphatic heterocycles. The monoisotopic (exact) mass is 369 g/mol. The highest BCUT2D eigenvalue weighted by Crippen LogP contribution is 2.31. The van der Waals surface area contributed by atoms with Crippen LogP contribution in [0.1, 0.15) is 11.1 Å². The summed E-state index contributed by atoms with van der Waals surface area (Å²) in [4.78, 5) is 12.2. The van der Waals surface area contributed by atoms with Gasteiger partial charge >= 0.3 is 0 Å². The zero-order valence-electron chi connectivity index (χ0n) is 14.7. The molecule has 0 aliphatic rings. The second kappa shape index (κ2) is 9.50. The summed E-state index contributed by atoms with van der Waals surface area (Å²) in [6.45, 7) is 2.31. The standard InChI is InChI=1S/C20H20ClN3O2/c1-14-10-18(19(26-2)11-17(14)21)24-13-16(12-22)20(25)23-9-8-15-6-4-3-5-7-15/h3-7,10-11,13,24H,8-9H2,1-2H3,(H,23,25)/b16-13-. The maximum atomic E-state index is 12.2. The minimum Gasteiger partial charge on any atom is -0.495 e. The number of ether oxygens (including phenoxy) is 1. The number of nitrogens with one attached hydrogen (secondary N) is 2. The SMILES string of the molecule is COc1cc(Cl)c(C)cc1N/C=C(/C#N)C(=O)NCCc1ccccc1. The molecule has 134 valence electrons. The fourth-order valence-corrected chi connectivity index (χ4v) is 2.46. The Morgan fingerprint density at radius 1 is 1.31 bits per heavy atom. The normalized spacial score (nSPS) is 10.8. The number of halogens is 1. The predicted octanol–water partition coefficient (Wildman–Crippen LogP) is 3.84. The van der Waals surface area contributed by atoms with E-state index >= 15 is 0 Å². The van der Waals surface area contributed by atoms with Crippen LogP contribution in [0.5, 0.6) is 5.75 Å². The van der Waals surface area contributed by atoms with Gasteiger partial charge in [0, 0.05) is 23.8 Å². The largest absolute Gasteiger partial charge is 0.495 e. The first kappa shape index (κ1) is 19.4. The third kappa shape index (κ3) is 5.27. The van der Waals surface area contributed by atoms with Crippen molar-refractivity contribution in [1.82, 2.24) is 5.32 Å². The molecule has 0 bridgehead atoms. The van der Waals surface area contributed by atoms with E-state index in [0.717, 1.165) is 11.1 Å². The lowest BCUT2D eigenvalue weighted by atomic mass is 10.1. The van der Waals surface area contributed by atoms with Gasteiger partial charge in [-0.15, -0.1) is 0 Å². The molecule has 0 heterocycles. The summed E-state index contributed by atoms with van der Waals surface area (Å²) in [7, 11) is 1.53. The van der Waals surface area contributed by atoms with Gasteiger partial charge in [-0.2, -0.15) is 5.26 Å². The minimum absolute atomic E-state index is 0.0206. The Hall–Kier alpha value is -2.97. The fourth-order valence-electron chi connectivity index (χ4n) is 2.30. The first-order valence-electron chi connectivity index (χ1n) is 8.08. The summed E-state index contributed by atoms with van der Waals surface area (Å²) in [6.07, 6.45) is 2.06. The molecule has 2 N–H and O–H groups in total. The number of rotatable bonds is 7. The Morgan fingerprint density at radius 3 is 2.69 bits per heavy atom. The first-order valence-corrected chi connectivity index (χ1v) is 8.46.